The monoisotopic (exact) mass is 368 g/mol. The first-order valence-corrected chi connectivity index (χ1v) is 9.94. The second-order valence-corrected chi connectivity index (χ2v) is 7.28. The number of aryl methyl sites for hydroxylation is 1. The molecule has 1 fully saturated rings. The zero-order valence-electron chi connectivity index (χ0n) is 16.8. The van der Waals surface area contributed by atoms with Crippen molar-refractivity contribution in [2.24, 2.45) is 0 Å². The molecule has 1 heterocycles. The van der Waals surface area contributed by atoms with Gasteiger partial charge in [0.1, 0.15) is 11.5 Å². The summed E-state index contributed by atoms with van der Waals surface area (Å²) in [7, 11) is 3.47. The van der Waals surface area contributed by atoms with E-state index in [1.165, 1.54) is 36.0 Å². The third-order valence-corrected chi connectivity index (χ3v) is 5.54. The standard InChI is InChI=1S/C23H32N2O2/c1-18-9-5-6-10-19(18)16-24-17-22(25-13-7-4-8-14-25)21-15-20(26-2)11-12-23(21)27-3/h5-6,9-12,15,22,24H,4,7-8,13-14,16-17H2,1-3H3. The van der Waals surface area contributed by atoms with Gasteiger partial charge in [0.2, 0.25) is 0 Å². The molecule has 0 amide bonds. The Labute approximate surface area is 163 Å². The van der Waals surface area contributed by atoms with Crippen LogP contribution in [0, 0.1) is 6.92 Å². The molecule has 0 saturated carbocycles. The van der Waals surface area contributed by atoms with Crippen LogP contribution in [0.15, 0.2) is 42.5 Å². The zero-order chi connectivity index (χ0) is 19.1. The van der Waals surface area contributed by atoms with Gasteiger partial charge in [-0.2, -0.15) is 0 Å². The predicted octanol–water partition coefficient (Wildman–Crippen LogP) is 4.33. The van der Waals surface area contributed by atoms with Crippen molar-refractivity contribution in [3.8, 4) is 11.5 Å². The van der Waals surface area contributed by atoms with E-state index in [-0.39, 0.29) is 6.04 Å². The lowest BCUT2D eigenvalue weighted by Gasteiger charge is -2.36. The Balaban J connectivity index is 1.80. The van der Waals surface area contributed by atoms with Gasteiger partial charge in [-0.1, -0.05) is 30.7 Å². The quantitative estimate of drug-likeness (QED) is 0.752. The lowest BCUT2D eigenvalue weighted by Crippen LogP contribution is -2.39. The smallest absolute Gasteiger partial charge is 0.123 e. The number of ether oxygens (including phenoxy) is 2. The third-order valence-electron chi connectivity index (χ3n) is 5.54. The Morgan fingerprint density at radius 2 is 1.78 bits per heavy atom. The molecule has 1 aliphatic rings. The summed E-state index contributed by atoms with van der Waals surface area (Å²) in [5.41, 5.74) is 3.89. The van der Waals surface area contributed by atoms with Crippen LogP contribution in [0.3, 0.4) is 0 Å². The van der Waals surface area contributed by atoms with Gasteiger partial charge in [0.25, 0.3) is 0 Å². The number of hydrogen-bond acceptors (Lipinski definition) is 4. The van der Waals surface area contributed by atoms with E-state index in [0.29, 0.717) is 0 Å². The molecule has 0 aromatic heterocycles. The molecule has 1 aliphatic heterocycles. The van der Waals surface area contributed by atoms with Gasteiger partial charge in [0, 0.05) is 18.7 Å². The second-order valence-electron chi connectivity index (χ2n) is 7.28. The highest BCUT2D eigenvalue weighted by molar-refractivity contribution is 5.42. The van der Waals surface area contributed by atoms with Crippen molar-refractivity contribution < 1.29 is 9.47 Å². The SMILES string of the molecule is COc1ccc(OC)c(C(CNCc2ccccc2C)N2CCCCC2)c1. The largest absolute Gasteiger partial charge is 0.497 e. The van der Waals surface area contributed by atoms with Crippen molar-refractivity contribution in [3.05, 3.63) is 59.2 Å². The molecular weight excluding hydrogens is 336 g/mol. The van der Waals surface area contributed by atoms with Crippen molar-refractivity contribution >= 4 is 0 Å². The highest BCUT2D eigenvalue weighted by Crippen LogP contribution is 2.34. The Bertz CT molecular complexity index is 726. The first-order valence-electron chi connectivity index (χ1n) is 9.94. The first-order chi connectivity index (χ1) is 13.2. The maximum Gasteiger partial charge on any atom is 0.123 e. The van der Waals surface area contributed by atoms with E-state index < -0.39 is 0 Å². The van der Waals surface area contributed by atoms with Crippen LogP contribution in [-0.2, 0) is 6.54 Å². The number of benzene rings is 2. The van der Waals surface area contributed by atoms with Crippen LogP contribution in [0.1, 0.15) is 42.0 Å². The third kappa shape index (κ3) is 5.02. The summed E-state index contributed by atoms with van der Waals surface area (Å²) in [6.07, 6.45) is 3.86. The molecular formula is C23H32N2O2. The van der Waals surface area contributed by atoms with E-state index >= 15 is 0 Å². The van der Waals surface area contributed by atoms with Gasteiger partial charge in [-0.3, -0.25) is 4.90 Å². The van der Waals surface area contributed by atoms with E-state index in [1.54, 1.807) is 14.2 Å². The van der Waals surface area contributed by atoms with Gasteiger partial charge in [0.05, 0.1) is 20.3 Å². The molecule has 2 aromatic carbocycles. The average molecular weight is 369 g/mol. The highest BCUT2D eigenvalue weighted by atomic mass is 16.5. The Hall–Kier alpha value is -2.04. The molecule has 0 spiro atoms. The molecule has 146 valence electrons. The van der Waals surface area contributed by atoms with Gasteiger partial charge in [-0.25, -0.2) is 0 Å². The van der Waals surface area contributed by atoms with Crippen molar-refractivity contribution in [1.82, 2.24) is 10.2 Å². The molecule has 4 heteroatoms. The van der Waals surface area contributed by atoms with Crippen LogP contribution < -0.4 is 14.8 Å². The Kier molecular flexibility index (Phi) is 7.13. The lowest BCUT2D eigenvalue weighted by molar-refractivity contribution is 0.157. The van der Waals surface area contributed by atoms with Crippen LogP contribution in [0.5, 0.6) is 11.5 Å². The van der Waals surface area contributed by atoms with Crippen molar-refractivity contribution in [3.63, 3.8) is 0 Å². The number of methoxy groups -OCH3 is 2. The van der Waals surface area contributed by atoms with Gasteiger partial charge < -0.3 is 14.8 Å². The topological polar surface area (TPSA) is 33.7 Å². The van der Waals surface area contributed by atoms with Gasteiger partial charge >= 0.3 is 0 Å². The minimum Gasteiger partial charge on any atom is -0.497 e. The second kappa shape index (κ2) is 9.77. The Morgan fingerprint density at radius 1 is 1.00 bits per heavy atom. The van der Waals surface area contributed by atoms with Crippen LogP contribution in [0.2, 0.25) is 0 Å². The molecule has 27 heavy (non-hydrogen) atoms. The summed E-state index contributed by atoms with van der Waals surface area (Å²) in [5, 5.41) is 3.69. The van der Waals surface area contributed by atoms with E-state index in [9.17, 15) is 0 Å². The highest BCUT2D eigenvalue weighted by Gasteiger charge is 2.25. The van der Waals surface area contributed by atoms with Gasteiger partial charge in [-0.15, -0.1) is 0 Å². The number of nitrogens with zero attached hydrogens (tertiary/aromatic N) is 1. The molecule has 2 aromatic rings. The molecule has 4 nitrogen and oxygen atoms in total. The average Bonchev–Trinajstić information content (AvgIpc) is 2.72. The maximum atomic E-state index is 5.69. The molecule has 1 atom stereocenters. The molecule has 0 bridgehead atoms. The van der Waals surface area contributed by atoms with Gasteiger partial charge in [-0.05, 0) is 62.2 Å². The molecule has 0 radical (unpaired) electrons. The summed E-state index contributed by atoms with van der Waals surface area (Å²) in [4.78, 5) is 2.59. The molecule has 1 N–H and O–H groups in total. The van der Waals surface area contributed by atoms with E-state index in [4.69, 9.17) is 9.47 Å². The maximum absolute atomic E-state index is 5.69. The number of likely N-dealkylation sites (tertiary alicyclic amines) is 1. The normalized spacial score (nSPS) is 16.1. The van der Waals surface area contributed by atoms with E-state index in [2.05, 4.69) is 47.5 Å². The van der Waals surface area contributed by atoms with Crippen LogP contribution in [-0.4, -0.2) is 38.8 Å². The Morgan fingerprint density at radius 3 is 2.48 bits per heavy atom. The molecule has 1 unspecified atom stereocenters. The molecule has 0 aliphatic carbocycles. The first kappa shape index (κ1) is 19.7. The summed E-state index contributed by atoms with van der Waals surface area (Å²) >= 11 is 0. The minimum atomic E-state index is 0.277. The molecule has 3 rings (SSSR count). The number of rotatable bonds is 8. The minimum absolute atomic E-state index is 0.277. The van der Waals surface area contributed by atoms with Crippen LogP contribution in [0.4, 0.5) is 0 Å². The molecule has 1 saturated heterocycles. The summed E-state index contributed by atoms with van der Waals surface area (Å²) in [6, 6.07) is 15.0. The lowest BCUT2D eigenvalue weighted by atomic mass is 10.00. The van der Waals surface area contributed by atoms with Gasteiger partial charge in [0.15, 0.2) is 0 Å². The summed E-state index contributed by atoms with van der Waals surface area (Å²) in [5.74, 6) is 1.82. The zero-order valence-corrected chi connectivity index (χ0v) is 16.8. The van der Waals surface area contributed by atoms with Crippen molar-refractivity contribution in [2.75, 3.05) is 33.9 Å². The fourth-order valence-electron chi connectivity index (χ4n) is 3.92. The fraction of sp³-hybridized carbons (Fsp3) is 0.478. The summed E-state index contributed by atoms with van der Waals surface area (Å²) < 4.78 is 11.2. The van der Waals surface area contributed by atoms with E-state index in [0.717, 1.165) is 37.7 Å². The van der Waals surface area contributed by atoms with Crippen molar-refractivity contribution in [1.29, 1.82) is 0 Å². The predicted molar refractivity (Wildman–Crippen MR) is 111 cm³/mol. The summed E-state index contributed by atoms with van der Waals surface area (Å²) in [6.45, 7) is 6.21. The number of piperidine rings is 1. The number of nitrogens with one attached hydrogen (secondary N) is 1. The van der Waals surface area contributed by atoms with E-state index in [1.807, 2.05) is 12.1 Å². The van der Waals surface area contributed by atoms with Crippen LogP contribution in [0.25, 0.3) is 0 Å². The van der Waals surface area contributed by atoms with Crippen LogP contribution >= 0.6 is 0 Å². The van der Waals surface area contributed by atoms with Crippen molar-refractivity contribution in [2.45, 2.75) is 38.8 Å². The number of hydrogen-bond donors (Lipinski definition) is 1. The fourth-order valence-corrected chi connectivity index (χ4v) is 3.92.